The van der Waals surface area contributed by atoms with Crippen LogP contribution in [0.2, 0.25) is 5.02 Å². The van der Waals surface area contributed by atoms with Gasteiger partial charge in [-0.05, 0) is 24.3 Å². The second kappa shape index (κ2) is 5.83. The number of rotatable bonds is 1. The molecule has 0 aliphatic carbocycles. The highest BCUT2D eigenvalue weighted by Crippen LogP contribution is 2.48. The fraction of sp³-hybridized carbons (Fsp3) is 0.385. The molecule has 0 atom stereocenters. The average Bonchev–Trinajstić information content (AvgIpc) is 2.45. The Labute approximate surface area is 137 Å². The summed E-state index contributed by atoms with van der Waals surface area (Å²) in [5, 5.41) is 0.245. The largest absolute Gasteiger partial charge is 0.443 e. The first-order valence-corrected chi connectivity index (χ1v) is 6.69. The minimum Gasteiger partial charge on any atom is -0.406 e. The normalized spacial score (nSPS) is 17.7. The number of halogens is 7. The molecule has 1 heterocycles. The van der Waals surface area contributed by atoms with Crippen molar-refractivity contribution in [1.82, 2.24) is 4.90 Å². The van der Waals surface area contributed by atoms with E-state index in [1.807, 2.05) is 0 Å². The van der Waals surface area contributed by atoms with Crippen LogP contribution in [-0.2, 0) is 4.74 Å². The molecule has 1 aliphatic rings. The van der Waals surface area contributed by atoms with Crippen molar-refractivity contribution < 1.29 is 31.1 Å². The third-order valence-corrected chi connectivity index (χ3v) is 3.23. The van der Waals surface area contributed by atoms with Gasteiger partial charge >= 0.3 is 18.0 Å². The third kappa shape index (κ3) is 3.14. The summed E-state index contributed by atoms with van der Waals surface area (Å²) in [4.78, 5) is 6.37. The number of hydrogen-bond donors (Lipinski definition) is 0. The molecule has 0 spiro atoms. The molecule has 11 heteroatoms. The first kappa shape index (κ1) is 18.4. The summed E-state index contributed by atoms with van der Waals surface area (Å²) in [6.07, 6.45) is -11.6. The van der Waals surface area contributed by atoms with Crippen LogP contribution in [0.25, 0.3) is 0 Å². The zero-order valence-corrected chi connectivity index (χ0v) is 13.0. The topological polar surface area (TPSA) is 37.2 Å². The van der Waals surface area contributed by atoms with E-state index in [9.17, 15) is 26.3 Å². The van der Waals surface area contributed by atoms with Gasteiger partial charge in [-0.15, -0.1) is 0 Å². The molecule has 132 valence electrons. The molecule has 0 unspecified atom stereocenters. The van der Waals surface area contributed by atoms with Gasteiger partial charge in [-0.3, -0.25) is 0 Å². The van der Waals surface area contributed by atoms with Gasteiger partial charge in [0.2, 0.25) is 5.90 Å². The lowest BCUT2D eigenvalue weighted by Gasteiger charge is -2.34. The standard InChI is InChI=1S/C13H10ClF6N3O/c1-23(2)10-22-11(12(15,16)17,13(18,19)20)21-9(24-10)7-3-5-8(14)6-4-7/h3-6H,1-2H3. The number of ether oxygens (including phenoxy) is 1. The van der Waals surface area contributed by atoms with Crippen molar-refractivity contribution in [2.75, 3.05) is 14.1 Å². The maximum Gasteiger partial charge on any atom is 0.443 e. The quantitative estimate of drug-likeness (QED) is 0.701. The van der Waals surface area contributed by atoms with E-state index < -0.39 is 29.9 Å². The molecule has 0 saturated heterocycles. The molecular weight excluding hydrogens is 364 g/mol. The molecule has 0 aromatic heterocycles. The summed E-state index contributed by atoms with van der Waals surface area (Å²) >= 11 is 5.66. The summed E-state index contributed by atoms with van der Waals surface area (Å²) in [6, 6.07) is 4.08. The maximum absolute atomic E-state index is 13.3. The van der Waals surface area contributed by atoms with E-state index in [1.165, 1.54) is 38.4 Å². The van der Waals surface area contributed by atoms with Gasteiger partial charge in [0.05, 0.1) is 0 Å². The number of hydrogen-bond acceptors (Lipinski definition) is 4. The van der Waals surface area contributed by atoms with E-state index in [0.29, 0.717) is 0 Å². The molecular formula is C13H10ClF6N3O. The summed E-state index contributed by atoms with van der Waals surface area (Å²) in [7, 11) is 2.39. The average molecular weight is 374 g/mol. The number of aliphatic imine (C=N–C) groups is 2. The second-order valence-corrected chi connectivity index (χ2v) is 5.42. The molecule has 0 amide bonds. The number of benzene rings is 1. The molecule has 1 aliphatic heterocycles. The van der Waals surface area contributed by atoms with Crippen LogP contribution in [0.1, 0.15) is 5.56 Å². The summed E-state index contributed by atoms with van der Waals surface area (Å²) in [5.74, 6) is -0.861. The molecule has 1 aromatic rings. The molecule has 0 bridgehead atoms. The van der Waals surface area contributed by atoms with Gasteiger partial charge in [0.25, 0.3) is 6.02 Å². The van der Waals surface area contributed by atoms with Crippen molar-refractivity contribution in [3.63, 3.8) is 0 Å². The van der Waals surface area contributed by atoms with E-state index in [0.717, 1.165) is 4.90 Å². The molecule has 0 radical (unpaired) electrons. The Morgan fingerprint density at radius 1 is 0.958 bits per heavy atom. The fourth-order valence-electron chi connectivity index (χ4n) is 1.76. The van der Waals surface area contributed by atoms with Crippen molar-refractivity contribution in [1.29, 1.82) is 0 Å². The van der Waals surface area contributed by atoms with Crippen LogP contribution in [0.4, 0.5) is 26.3 Å². The summed E-state index contributed by atoms with van der Waals surface area (Å²) in [6.45, 7) is 0. The van der Waals surface area contributed by atoms with Crippen molar-refractivity contribution in [3.8, 4) is 0 Å². The van der Waals surface area contributed by atoms with E-state index >= 15 is 0 Å². The Bertz CT molecular complexity index is 664. The zero-order valence-electron chi connectivity index (χ0n) is 12.2. The lowest BCUT2D eigenvalue weighted by atomic mass is 10.1. The number of amidine groups is 1. The smallest absolute Gasteiger partial charge is 0.406 e. The monoisotopic (exact) mass is 373 g/mol. The minimum atomic E-state index is -5.81. The molecule has 24 heavy (non-hydrogen) atoms. The molecule has 0 saturated carbocycles. The van der Waals surface area contributed by atoms with Crippen LogP contribution in [0.5, 0.6) is 0 Å². The van der Waals surface area contributed by atoms with Crippen LogP contribution >= 0.6 is 11.6 Å². The van der Waals surface area contributed by atoms with Crippen molar-refractivity contribution >= 4 is 23.5 Å². The van der Waals surface area contributed by atoms with Crippen molar-refractivity contribution in [3.05, 3.63) is 34.9 Å². The fourth-order valence-corrected chi connectivity index (χ4v) is 1.89. The van der Waals surface area contributed by atoms with Gasteiger partial charge in [0.1, 0.15) is 0 Å². The zero-order chi connectivity index (χ0) is 18.3. The van der Waals surface area contributed by atoms with Crippen LogP contribution in [0.15, 0.2) is 34.3 Å². The van der Waals surface area contributed by atoms with Crippen LogP contribution in [0.3, 0.4) is 0 Å². The van der Waals surface area contributed by atoms with Crippen LogP contribution in [0, 0.1) is 0 Å². The Morgan fingerprint density at radius 3 is 1.88 bits per heavy atom. The molecule has 0 N–H and O–H groups in total. The lowest BCUT2D eigenvalue weighted by molar-refractivity contribution is -0.293. The van der Waals surface area contributed by atoms with Gasteiger partial charge in [-0.2, -0.15) is 31.3 Å². The van der Waals surface area contributed by atoms with Crippen molar-refractivity contribution in [2.45, 2.75) is 18.0 Å². The van der Waals surface area contributed by atoms with Crippen LogP contribution in [-0.4, -0.2) is 48.9 Å². The highest BCUT2D eigenvalue weighted by Gasteiger charge is 2.74. The highest BCUT2D eigenvalue weighted by molar-refractivity contribution is 6.30. The lowest BCUT2D eigenvalue weighted by Crippen LogP contribution is -2.57. The van der Waals surface area contributed by atoms with Crippen LogP contribution < -0.4 is 0 Å². The Hall–Kier alpha value is -1.97. The summed E-state index contributed by atoms with van der Waals surface area (Å²) in [5.41, 5.74) is -4.75. The minimum absolute atomic E-state index is 0.105. The van der Waals surface area contributed by atoms with Gasteiger partial charge in [0, 0.05) is 24.7 Å². The predicted octanol–water partition coefficient (Wildman–Crippen LogP) is 3.86. The van der Waals surface area contributed by atoms with E-state index in [-0.39, 0.29) is 10.6 Å². The van der Waals surface area contributed by atoms with Gasteiger partial charge in [0.15, 0.2) is 0 Å². The second-order valence-electron chi connectivity index (χ2n) is 4.98. The first-order valence-electron chi connectivity index (χ1n) is 6.31. The Morgan fingerprint density at radius 2 is 1.46 bits per heavy atom. The first-order chi connectivity index (χ1) is 10.9. The van der Waals surface area contributed by atoms with Crippen molar-refractivity contribution in [2.24, 2.45) is 9.98 Å². The Kier molecular flexibility index (Phi) is 4.47. The molecule has 0 fully saturated rings. The van der Waals surface area contributed by atoms with Gasteiger partial charge < -0.3 is 9.64 Å². The number of alkyl halides is 6. The Balaban J connectivity index is 2.69. The molecule has 1 aromatic carbocycles. The highest BCUT2D eigenvalue weighted by atomic mass is 35.5. The number of nitrogens with zero attached hydrogens (tertiary/aromatic N) is 3. The van der Waals surface area contributed by atoms with E-state index in [1.54, 1.807) is 0 Å². The summed E-state index contributed by atoms with van der Waals surface area (Å²) < 4.78 is 84.5. The SMILES string of the molecule is CN(C)C1=NC(C(F)(F)F)(C(F)(F)F)N=C(c2ccc(Cl)cc2)O1. The maximum atomic E-state index is 13.3. The molecule has 2 rings (SSSR count). The molecule has 4 nitrogen and oxygen atoms in total. The van der Waals surface area contributed by atoms with Gasteiger partial charge in [-0.1, -0.05) is 11.6 Å². The third-order valence-electron chi connectivity index (χ3n) is 2.97. The van der Waals surface area contributed by atoms with E-state index in [2.05, 4.69) is 9.98 Å². The van der Waals surface area contributed by atoms with Gasteiger partial charge in [-0.25, -0.2) is 4.99 Å². The van der Waals surface area contributed by atoms with E-state index in [4.69, 9.17) is 16.3 Å². The predicted molar refractivity (Wildman–Crippen MR) is 75.0 cm³/mol.